The molecule has 0 unspecified atom stereocenters. The Bertz CT molecular complexity index is 474. The Hall–Kier alpha value is -1.43. The van der Waals surface area contributed by atoms with Crippen LogP contribution in [0.1, 0.15) is 23.4 Å². The molecule has 78 valence electrons. The first-order valence-corrected chi connectivity index (χ1v) is 5.30. The topological polar surface area (TPSA) is 79.5 Å². The lowest BCUT2D eigenvalue weighted by Gasteiger charge is -2.18. The van der Waals surface area contributed by atoms with Crippen molar-refractivity contribution in [2.75, 3.05) is 5.32 Å². The number of carbonyl (C=O) groups is 2. The molecule has 0 atom stereocenters. The molecule has 1 aliphatic heterocycles. The number of aromatic carboxylic acids is 1. The number of hydrogen-bond acceptors (Lipinski definition) is 4. The molecular formula is C9H7NO4S. The summed E-state index contributed by atoms with van der Waals surface area (Å²) in [6.45, 7) is 0. The minimum atomic E-state index is -1.12. The highest BCUT2D eigenvalue weighted by Gasteiger charge is 2.54. The summed E-state index contributed by atoms with van der Waals surface area (Å²) in [6, 6.07) is 1.46. The van der Waals surface area contributed by atoms with Crippen LogP contribution >= 0.6 is 11.8 Å². The molecule has 6 heteroatoms. The first-order chi connectivity index (χ1) is 7.11. The van der Waals surface area contributed by atoms with Crippen molar-refractivity contribution in [3.05, 3.63) is 11.8 Å². The molecule has 1 amide bonds. The van der Waals surface area contributed by atoms with E-state index in [2.05, 4.69) is 5.32 Å². The predicted octanol–water partition coefficient (Wildman–Crippen LogP) is 1.55. The lowest BCUT2D eigenvalue weighted by atomic mass is 10.3. The number of amides is 1. The van der Waals surface area contributed by atoms with Gasteiger partial charge in [-0.1, -0.05) is 0 Å². The molecule has 2 aliphatic rings. The molecule has 2 N–H and O–H groups in total. The number of furan rings is 1. The SMILES string of the molecule is O=C(O)c1cc2c(o1)NC(=O)C1(CC1)S2. The minimum absolute atomic E-state index is 0.0775. The highest BCUT2D eigenvalue weighted by molar-refractivity contribution is 8.02. The highest BCUT2D eigenvalue weighted by atomic mass is 32.2. The lowest BCUT2D eigenvalue weighted by molar-refractivity contribution is -0.116. The summed E-state index contributed by atoms with van der Waals surface area (Å²) < 4.78 is 4.65. The monoisotopic (exact) mass is 225 g/mol. The number of nitrogens with one attached hydrogen (secondary N) is 1. The van der Waals surface area contributed by atoms with Gasteiger partial charge in [-0.2, -0.15) is 0 Å². The van der Waals surface area contributed by atoms with E-state index in [0.717, 1.165) is 12.8 Å². The molecule has 1 spiro atoms. The summed E-state index contributed by atoms with van der Waals surface area (Å²) in [4.78, 5) is 23.0. The molecule has 15 heavy (non-hydrogen) atoms. The van der Waals surface area contributed by atoms with Crippen molar-refractivity contribution in [3.8, 4) is 0 Å². The zero-order valence-electron chi connectivity index (χ0n) is 7.57. The largest absolute Gasteiger partial charge is 0.475 e. The van der Waals surface area contributed by atoms with Gasteiger partial charge in [-0.05, 0) is 12.8 Å². The molecule has 1 fully saturated rings. The standard InChI is InChI=1S/C9H7NO4S/c11-7(12)4-3-5-6(14-4)10-8(13)9(15-5)1-2-9/h3H,1-2H2,(H,10,13)(H,11,12). The molecule has 3 rings (SSSR count). The maximum atomic E-state index is 11.6. The van der Waals surface area contributed by atoms with Gasteiger partial charge in [0.1, 0.15) is 0 Å². The number of fused-ring (bicyclic) bond motifs is 1. The van der Waals surface area contributed by atoms with Crippen LogP contribution in [-0.2, 0) is 4.79 Å². The van der Waals surface area contributed by atoms with Crippen molar-refractivity contribution in [1.29, 1.82) is 0 Å². The van der Waals surface area contributed by atoms with Gasteiger partial charge in [0, 0.05) is 6.07 Å². The number of thioether (sulfide) groups is 1. The molecular weight excluding hydrogens is 218 g/mol. The second kappa shape index (κ2) is 2.57. The van der Waals surface area contributed by atoms with E-state index in [9.17, 15) is 9.59 Å². The van der Waals surface area contributed by atoms with E-state index in [4.69, 9.17) is 9.52 Å². The molecule has 0 radical (unpaired) electrons. The molecule has 0 aromatic carbocycles. The van der Waals surface area contributed by atoms with Crippen molar-refractivity contribution in [1.82, 2.24) is 0 Å². The minimum Gasteiger partial charge on any atom is -0.475 e. The second-order valence-electron chi connectivity index (χ2n) is 3.66. The Morgan fingerprint density at radius 3 is 2.93 bits per heavy atom. The van der Waals surface area contributed by atoms with E-state index in [1.807, 2.05) is 0 Å². The quantitative estimate of drug-likeness (QED) is 0.758. The van der Waals surface area contributed by atoms with Crippen LogP contribution in [0.4, 0.5) is 5.88 Å². The number of anilines is 1. The Labute approximate surface area is 88.8 Å². The molecule has 0 bridgehead atoms. The van der Waals surface area contributed by atoms with E-state index >= 15 is 0 Å². The molecule has 5 nitrogen and oxygen atoms in total. The van der Waals surface area contributed by atoms with Crippen LogP contribution in [0.5, 0.6) is 0 Å². The molecule has 0 saturated heterocycles. The molecule has 1 aromatic rings. The van der Waals surface area contributed by atoms with Crippen molar-refractivity contribution in [2.45, 2.75) is 22.5 Å². The van der Waals surface area contributed by atoms with Gasteiger partial charge in [-0.3, -0.25) is 10.1 Å². The first-order valence-electron chi connectivity index (χ1n) is 4.48. The Kier molecular flexibility index (Phi) is 1.52. The van der Waals surface area contributed by atoms with Gasteiger partial charge in [0.05, 0.1) is 9.64 Å². The fourth-order valence-electron chi connectivity index (χ4n) is 1.56. The summed E-state index contributed by atoms with van der Waals surface area (Å²) in [5.74, 6) is -1.07. The maximum absolute atomic E-state index is 11.6. The summed E-state index contributed by atoms with van der Waals surface area (Å²) in [6.07, 6.45) is 1.69. The van der Waals surface area contributed by atoms with Crippen LogP contribution in [0, 0.1) is 0 Å². The van der Waals surface area contributed by atoms with Crippen LogP contribution in [-0.4, -0.2) is 21.7 Å². The van der Waals surface area contributed by atoms with E-state index in [1.165, 1.54) is 17.8 Å². The summed E-state index contributed by atoms with van der Waals surface area (Å²) in [5.41, 5.74) is 0. The third kappa shape index (κ3) is 1.18. The Balaban J connectivity index is 2.02. The van der Waals surface area contributed by atoms with Crippen LogP contribution in [0.25, 0.3) is 0 Å². The van der Waals surface area contributed by atoms with Crippen molar-refractivity contribution < 1.29 is 19.1 Å². The van der Waals surface area contributed by atoms with Gasteiger partial charge in [-0.25, -0.2) is 4.79 Å². The molecule has 1 aliphatic carbocycles. The number of carbonyl (C=O) groups excluding carboxylic acids is 1. The van der Waals surface area contributed by atoms with Gasteiger partial charge in [0.25, 0.3) is 0 Å². The lowest BCUT2D eigenvalue weighted by Crippen LogP contribution is -2.29. The number of carboxylic acids is 1. The number of carboxylic acid groups (broad SMARTS) is 1. The van der Waals surface area contributed by atoms with Crippen LogP contribution in [0.2, 0.25) is 0 Å². The third-order valence-corrected chi connectivity index (χ3v) is 4.07. The summed E-state index contributed by atoms with van der Waals surface area (Å²) in [7, 11) is 0. The van der Waals surface area contributed by atoms with Crippen molar-refractivity contribution >= 4 is 29.5 Å². The van der Waals surface area contributed by atoms with Gasteiger partial charge in [0.2, 0.25) is 17.6 Å². The van der Waals surface area contributed by atoms with Crippen LogP contribution < -0.4 is 5.32 Å². The number of hydrogen-bond donors (Lipinski definition) is 2. The predicted molar refractivity (Wildman–Crippen MR) is 52.1 cm³/mol. The Morgan fingerprint density at radius 2 is 2.33 bits per heavy atom. The van der Waals surface area contributed by atoms with Crippen molar-refractivity contribution in [3.63, 3.8) is 0 Å². The smallest absolute Gasteiger partial charge is 0.371 e. The fourth-order valence-corrected chi connectivity index (χ4v) is 2.78. The van der Waals surface area contributed by atoms with Gasteiger partial charge < -0.3 is 9.52 Å². The van der Waals surface area contributed by atoms with E-state index in [-0.39, 0.29) is 22.3 Å². The van der Waals surface area contributed by atoms with E-state index < -0.39 is 5.97 Å². The van der Waals surface area contributed by atoms with E-state index in [0.29, 0.717) is 4.90 Å². The van der Waals surface area contributed by atoms with Crippen LogP contribution in [0.3, 0.4) is 0 Å². The van der Waals surface area contributed by atoms with Crippen LogP contribution in [0.15, 0.2) is 15.4 Å². The maximum Gasteiger partial charge on any atom is 0.371 e. The normalized spacial score (nSPS) is 20.9. The van der Waals surface area contributed by atoms with Gasteiger partial charge in [-0.15, -0.1) is 11.8 Å². The average Bonchev–Trinajstić information content (AvgIpc) is 2.81. The second-order valence-corrected chi connectivity index (χ2v) is 5.09. The highest BCUT2D eigenvalue weighted by Crippen LogP contribution is 2.57. The van der Waals surface area contributed by atoms with E-state index in [1.54, 1.807) is 0 Å². The zero-order valence-corrected chi connectivity index (χ0v) is 8.39. The van der Waals surface area contributed by atoms with Crippen molar-refractivity contribution in [2.24, 2.45) is 0 Å². The van der Waals surface area contributed by atoms with Gasteiger partial charge in [0.15, 0.2) is 0 Å². The van der Waals surface area contributed by atoms with Gasteiger partial charge >= 0.3 is 5.97 Å². The molecule has 1 saturated carbocycles. The molecule has 2 heterocycles. The Morgan fingerprint density at radius 1 is 1.60 bits per heavy atom. The summed E-state index contributed by atoms with van der Waals surface area (Å²) >= 11 is 1.40. The first kappa shape index (κ1) is 8.84. The third-order valence-electron chi connectivity index (χ3n) is 2.56. The summed E-state index contributed by atoms with van der Waals surface area (Å²) in [5, 5.41) is 11.3. The number of rotatable bonds is 1. The zero-order chi connectivity index (χ0) is 10.6. The average molecular weight is 225 g/mol. The molecule has 1 aromatic heterocycles. The fraction of sp³-hybridized carbons (Fsp3) is 0.333.